The van der Waals surface area contributed by atoms with Gasteiger partial charge in [0.2, 0.25) is 0 Å². The van der Waals surface area contributed by atoms with Gasteiger partial charge in [-0.1, -0.05) is 0 Å². The van der Waals surface area contributed by atoms with Crippen LogP contribution in [0.25, 0.3) is 0 Å². The molecular weight excluding hydrogens is 186 g/mol. The number of rotatable bonds is 1. The number of hydrogen-bond acceptors (Lipinski definition) is 4. The fraction of sp³-hybridized carbons (Fsp3) is 0.222. The number of nitro benzene ring substituents is 1. The maximum absolute atomic E-state index is 11.2. The van der Waals surface area contributed by atoms with E-state index in [-0.39, 0.29) is 11.5 Å². The first-order valence-electron chi connectivity index (χ1n) is 4.13. The number of carbonyl (C=O) groups excluding carboxylic acids is 1. The second-order valence-electron chi connectivity index (χ2n) is 3.18. The molecular formula is C9H7NO4. The van der Waals surface area contributed by atoms with Crippen molar-refractivity contribution in [3.8, 4) is 5.75 Å². The van der Waals surface area contributed by atoms with Crippen molar-refractivity contribution in [3.05, 3.63) is 33.4 Å². The van der Waals surface area contributed by atoms with E-state index in [0.717, 1.165) is 0 Å². The van der Waals surface area contributed by atoms with Crippen LogP contribution in [0.4, 0.5) is 5.69 Å². The van der Waals surface area contributed by atoms with Gasteiger partial charge in [0, 0.05) is 18.1 Å². The molecule has 0 unspecified atom stereocenters. The van der Waals surface area contributed by atoms with Crippen molar-refractivity contribution in [2.75, 3.05) is 0 Å². The molecule has 0 fully saturated rings. The number of ketones is 1. The predicted molar refractivity (Wildman–Crippen MR) is 47.4 cm³/mol. The first-order valence-corrected chi connectivity index (χ1v) is 4.13. The monoisotopic (exact) mass is 193 g/mol. The molecule has 0 saturated carbocycles. The zero-order valence-corrected chi connectivity index (χ0v) is 7.19. The number of aryl methyl sites for hydroxylation is 1. The zero-order chi connectivity index (χ0) is 10.3. The molecule has 0 aromatic heterocycles. The quantitative estimate of drug-likeness (QED) is 0.540. The van der Waals surface area contributed by atoms with E-state index >= 15 is 0 Å². The number of aromatic hydroxyl groups is 1. The van der Waals surface area contributed by atoms with E-state index in [0.29, 0.717) is 24.0 Å². The summed E-state index contributed by atoms with van der Waals surface area (Å²) in [6.07, 6.45) is 0.894. The molecule has 0 saturated heterocycles. The molecule has 1 aromatic rings. The summed E-state index contributed by atoms with van der Waals surface area (Å²) in [5.74, 6) is -0.505. The molecule has 0 bridgehead atoms. The molecule has 1 aliphatic rings. The van der Waals surface area contributed by atoms with Crippen LogP contribution in [0.15, 0.2) is 12.1 Å². The van der Waals surface area contributed by atoms with Crippen LogP contribution in [0, 0.1) is 10.1 Å². The second kappa shape index (κ2) is 2.80. The number of phenols is 1. The summed E-state index contributed by atoms with van der Waals surface area (Å²) in [5, 5.41) is 19.7. The lowest BCUT2D eigenvalue weighted by molar-refractivity contribution is -0.385. The minimum atomic E-state index is -0.654. The van der Waals surface area contributed by atoms with Crippen LogP contribution in [-0.4, -0.2) is 15.8 Å². The van der Waals surface area contributed by atoms with Crippen LogP contribution in [0.1, 0.15) is 22.3 Å². The molecule has 0 spiro atoms. The molecule has 2 rings (SSSR count). The number of Topliss-reactive ketones (excluding diaryl/α,β-unsaturated/α-hetero) is 1. The van der Waals surface area contributed by atoms with Gasteiger partial charge in [-0.25, -0.2) is 0 Å². The highest BCUT2D eigenvalue weighted by molar-refractivity contribution is 6.01. The fourth-order valence-corrected chi connectivity index (χ4v) is 1.62. The molecule has 0 aliphatic heterocycles. The van der Waals surface area contributed by atoms with Gasteiger partial charge < -0.3 is 5.11 Å². The molecule has 1 N–H and O–H groups in total. The van der Waals surface area contributed by atoms with E-state index in [1.54, 1.807) is 0 Å². The van der Waals surface area contributed by atoms with E-state index in [9.17, 15) is 20.0 Å². The Labute approximate surface area is 79.1 Å². The zero-order valence-electron chi connectivity index (χ0n) is 7.19. The number of hydrogen-bond donors (Lipinski definition) is 1. The van der Waals surface area contributed by atoms with E-state index in [1.165, 1.54) is 12.1 Å². The summed E-state index contributed by atoms with van der Waals surface area (Å²) in [7, 11) is 0. The number of fused-ring (bicyclic) bond motifs is 1. The minimum absolute atomic E-state index is 0.0646. The number of phenolic OH excluding ortho intramolecular Hbond substituents is 1. The Morgan fingerprint density at radius 2 is 2.07 bits per heavy atom. The van der Waals surface area contributed by atoms with E-state index < -0.39 is 10.7 Å². The van der Waals surface area contributed by atoms with Gasteiger partial charge in [0.15, 0.2) is 11.5 Å². The van der Waals surface area contributed by atoms with Crippen LogP contribution in [0.2, 0.25) is 0 Å². The molecule has 1 aromatic carbocycles. The molecule has 5 heteroatoms. The molecule has 14 heavy (non-hydrogen) atoms. The summed E-state index contributed by atoms with van der Waals surface area (Å²) in [4.78, 5) is 21.0. The average molecular weight is 193 g/mol. The molecule has 5 nitrogen and oxygen atoms in total. The van der Waals surface area contributed by atoms with Gasteiger partial charge >= 0.3 is 5.69 Å². The summed E-state index contributed by atoms with van der Waals surface area (Å²) in [5.41, 5.74) is 0.728. The smallest absolute Gasteiger partial charge is 0.311 e. The van der Waals surface area contributed by atoms with Crippen molar-refractivity contribution in [2.24, 2.45) is 0 Å². The third-order valence-corrected chi connectivity index (χ3v) is 2.32. The van der Waals surface area contributed by atoms with Gasteiger partial charge in [0.25, 0.3) is 0 Å². The summed E-state index contributed by atoms with van der Waals surface area (Å²) >= 11 is 0. The lowest BCUT2D eigenvalue weighted by atomic mass is 10.1. The molecule has 1 aliphatic carbocycles. The topological polar surface area (TPSA) is 80.4 Å². The van der Waals surface area contributed by atoms with Crippen LogP contribution < -0.4 is 0 Å². The van der Waals surface area contributed by atoms with Gasteiger partial charge in [0.1, 0.15) is 0 Å². The van der Waals surface area contributed by atoms with Crippen LogP contribution in [-0.2, 0) is 6.42 Å². The predicted octanol–water partition coefficient (Wildman–Crippen LogP) is 1.43. The van der Waals surface area contributed by atoms with Gasteiger partial charge in [-0.3, -0.25) is 14.9 Å². The van der Waals surface area contributed by atoms with Crippen molar-refractivity contribution < 1.29 is 14.8 Å². The third-order valence-electron chi connectivity index (χ3n) is 2.32. The second-order valence-corrected chi connectivity index (χ2v) is 3.18. The fourth-order valence-electron chi connectivity index (χ4n) is 1.62. The normalized spacial score (nSPS) is 14.1. The maximum Gasteiger partial charge on any atom is 0.311 e. The van der Waals surface area contributed by atoms with Crippen molar-refractivity contribution in [1.29, 1.82) is 0 Å². The standard InChI is InChI=1S/C9H7NO4/c11-8-2-1-5-3-7(10(13)14)9(12)4-6(5)8/h3-4,12H,1-2H2. The number of nitro groups is 1. The van der Waals surface area contributed by atoms with Crippen molar-refractivity contribution in [1.82, 2.24) is 0 Å². The lowest BCUT2D eigenvalue weighted by Crippen LogP contribution is -1.94. The van der Waals surface area contributed by atoms with Gasteiger partial charge in [-0.05, 0) is 18.1 Å². The van der Waals surface area contributed by atoms with Crippen LogP contribution in [0.5, 0.6) is 5.75 Å². The molecule has 0 atom stereocenters. The number of nitrogens with zero attached hydrogens (tertiary/aromatic N) is 1. The van der Waals surface area contributed by atoms with Crippen LogP contribution >= 0.6 is 0 Å². The van der Waals surface area contributed by atoms with Gasteiger partial charge in [-0.15, -0.1) is 0 Å². The lowest BCUT2D eigenvalue weighted by Gasteiger charge is -1.99. The maximum atomic E-state index is 11.2. The van der Waals surface area contributed by atoms with Crippen LogP contribution in [0.3, 0.4) is 0 Å². The highest BCUT2D eigenvalue weighted by atomic mass is 16.6. The number of carbonyl (C=O) groups is 1. The Hall–Kier alpha value is -1.91. The minimum Gasteiger partial charge on any atom is -0.502 e. The van der Waals surface area contributed by atoms with E-state index in [1.807, 2.05) is 0 Å². The average Bonchev–Trinajstić information content (AvgIpc) is 2.46. The van der Waals surface area contributed by atoms with E-state index in [2.05, 4.69) is 0 Å². The van der Waals surface area contributed by atoms with Gasteiger partial charge in [0.05, 0.1) is 4.92 Å². The molecule has 0 amide bonds. The summed E-state index contributed by atoms with van der Waals surface area (Å²) in [6.45, 7) is 0. The summed E-state index contributed by atoms with van der Waals surface area (Å²) in [6, 6.07) is 2.46. The Morgan fingerprint density at radius 3 is 2.71 bits per heavy atom. The van der Waals surface area contributed by atoms with Crippen molar-refractivity contribution in [2.45, 2.75) is 12.8 Å². The first kappa shape index (κ1) is 8.68. The van der Waals surface area contributed by atoms with Gasteiger partial charge in [-0.2, -0.15) is 0 Å². The van der Waals surface area contributed by atoms with Crippen molar-refractivity contribution in [3.63, 3.8) is 0 Å². The summed E-state index contributed by atoms with van der Waals surface area (Å²) < 4.78 is 0. The third kappa shape index (κ3) is 1.14. The highest BCUT2D eigenvalue weighted by Gasteiger charge is 2.25. The van der Waals surface area contributed by atoms with E-state index in [4.69, 9.17) is 0 Å². The Bertz CT molecular complexity index is 439. The Balaban J connectivity index is 2.61. The molecule has 72 valence electrons. The van der Waals surface area contributed by atoms with Crippen molar-refractivity contribution >= 4 is 11.5 Å². The largest absolute Gasteiger partial charge is 0.502 e. The first-order chi connectivity index (χ1) is 6.59. The Morgan fingerprint density at radius 1 is 1.36 bits per heavy atom. The SMILES string of the molecule is O=C1CCc2cc([N+](=O)[O-])c(O)cc21. The molecule has 0 radical (unpaired) electrons. The molecule has 0 heterocycles. The number of benzene rings is 1. The highest BCUT2D eigenvalue weighted by Crippen LogP contribution is 2.33. The Kier molecular flexibility index (Phi) is 1.73.